The molecule has 250 valence electrons. The Bertz CT molecular complexity index is 2970. The van der Waals surface area contributed by atoms with Crippen molar-refractivity contribution in [2.45, 2.75) is 24.0 Å². The van der Waals surface area contributed by atoms with Crippen LogP contribution < -0.4 is 10.6 Å². The highest BCUT2D eigenvalue weighted by Crippen LogP contribution is 2.57. The van der Waals surface area contributed by atoms with Crippen LogP contribution >= 0.6 is 0 Å². The number of allylic oxidation sites excluding steroid dienone is 1. The Kier molecular flexibility index (Phi) is 6.01. The zero-order valence-electron chi connectivity index (χ0n) is 29.0. The van der Waals surface area contributed by atoms with Crippen molar-refractivity contribution >= 4 is 60.7 Å². The number of nitrogens with one attached hydrogen (secondary N) is 2. The molecule has 0 spiro atoms. The fourth-order valence-electron chi connectivity index (χ4n) is 10.1. The lowest BCUT2D eigenvalue weighted by Crippen LogP contribution is -2.35. The van der Waals surface area contributed by atoms with Gasteiger partial charge in [-0.1, -0.05) is 164 Å². The van der Waals surface area contributed by atoms with Crippen LogP contribution in [-0.4, -0.2) is 4.57 Å². The van der Waals surface area contributed by atoms with Crippen molar-refractivity contribution in [1.29, 1.82) is 0 Å². The molecule has 1 aromatic heterocycles. The Morgan fingerprint density at radius 3 is 1.77 bits per heavy atom. The highest BCUT2D eigenvalue weighted by Gasteiger charge is 2.41. The molecule has 0 saturated heterocycles. The lowest BCUT2D eigenvalue weighted by Gasteiger charge is -2.40. The highest BCUT2D eigenvalue weighted by atomic mass is 15.3. The second-order valence-electron chi connectivity index (χ2n) is 14.9. The predicted molar refractivity (Wildman–Crippen MR) is 222 cm³/mol. The monoisotopic (exact) mass is 677 g/mol. The molecule has 4 atom stereocenters. The molecule has 12 rings (SSSR count). The first-order chi connectivity index (χ1) is 26.3. The number of rotatable bonds is 3. The van der Waals surface area contributed by atoms with Crippen LogP contribution in [0.4, 0.5) is 11.4 Å². The quantitative estimate of drug-likeness (QED) is 0.182. The molecule has 3 aliphatic rings. The summed E-state index contributed by atoms with van der Waals surface area (Å²) < 4.78 is 2.63. The predicted octanol–water partition coefficient (Wildman–Crippen LogP) is 12.8. The SMILES string of the molecule is C1=CC(c2ccccc2)C2c3cccc4cccc(c34)-c3cccc4c3c2c1n4C1Nc2c(c3ccccc3c3ccccc23)NC1c1ccccc1. The van der Waals surface area contributed by atoms with E-state index in [-0.39, 0.29) is 24.0 Å². The molecule has 53 heavy (non-hydrogen) atoms. The van der Waals surface area contributed by atoms with Crippen LogP contribution in [0.25, 0.3) is 60.4 Å². The van der Waals surface area contributed by atoms with Gasteiger partial charge in [0.05, 0.1) is 22.9 Å². The minimum Gasteiger partial charge on any atom is -0.372 e. The normalized spacial score (nSPS) is 19.5. The van der Waals surface area contributed by atoms with Gasteiger partial charge in [0.25, 0.3) is 0 Å². The Balaban J connectivity index is 1.19. The van der Waals surface area contributed by atoms with E-state index in [0.29, 0.717) is 0 Å². The summed E-state index contributed by atoms with van der Waals surface area (Å²) in [5.74, 6) is 0.351. The summed E-state index contributed by atoms with van der Waals surface area (Å²) in [4.78, 5) is 0. The van der Waals surface area contributed by atoms with Gasteiger partial charge in [0.2, 0.25) is 0 Å². The van der Waals surface area contributed by atoms with E-state index in [1.54, 1.807) is 0 Å². The first-order valence-corrected chi connectivity index (χ1v) is 18.8. The molecule has 3 heteroatoms. The summed E-state index contributed by atoms with van der Waals surface area (Å²) in [6.45, 7) is 0. The number of nitrogens with zero attached hydrogens (tertiary/aromatic N) is 1. The van der Waals surface area contributed by atoms with Crippen molar-refractivity contribution in [3.8, 4) is 11.1 Å². The van der Waals surface area contributed by atoms with Crippen molar-refractivity contribution < 1.29 is 0 Å². The molecule has 0 saturated carbocycles. The standard InChI is InChI=1S/C50H35N3/c1-3-14-30(15-4-1)33-28-29-42-46-44(33)40-26-12-19-31-18-11-24-36(43(31)40)37-25-13-27-41(45(37)46)53(42)50-47(32-16-5-2-6-17-32)51-48-38-22-9-7-20-34(38)35-21-8-10-23-39(35)49(48)52-50/h1-29,33,44,47,50-52H. The number of aromatic nitrogens is 1. The molecular formula is C50H35N3. The Morgan fingerprint density at radius 1 is 0.472 bits per heavy atom. The molecule has 2 N–H and O–H groups in total. The molecule has 0 fully saturated rings. The van der Waals surface area contributed by atoms with E-state index < -0.39 is 0 Å². The van der Waals surface area contributed by atoms with Gasteiger partial charge in [0, 0.05) is 33.7 Å². The van der Waals surface area contributed by atoms with E-state index in [9.17, 15) is 0 Å². The molecule has 4 unspecified atom stereocenters. The van der Waals surface area contributed by atoms with Crippen molar-refractivity contribution in [3.05, 3.63) is 198 Å². The van der Waals surface area contributed by atoms with Gasteiger partial charge < -0.3 is 15.2 Å². The van der Waals surface area contributed by atoms with Crippen molar-refractivity contribution in [1.82, 2.24) is 4.57 Å². The van der Waals surface area contributed by atoms with Gasteiger partial charge in [-0.2, -0.15) is 0 Å². The summed E-state index contributed by atoms with van der Waals surface area (Å²) in [6, 6.07) is 60.5. The van der Waals surface area contributed by atoms with Crippen LogP contribution in [-0.2, 0) is 0 Å². The molecule has 0 bridgehead atoms. The van der Waals surface area contributed by atoms with E-state index in [2.05, 4.69) is 191 Å². The van der Waals surface area contributed by atoms with Gasteiger partial charge in [-0.3, -0.25) is 0 Å². The summed E-state index contributed by atoms with van der Waals surface area (Å²) in [5.41, 5.74) is 12.9. The molecular weight excluding hydrogens is 643 g/mol. The molecule has 3 nitrogen and oxygen atoms in total. The molecule has 2 aliphatic carbocycles. The third-order valence-electron chi connectivity index (χ3n) is 12.3. The largest absolute Gasteiger partial charge is 0.372 e. The van der Waals surface area contributed by atoms with Gasteiger partial charge >= 0.3 is 0 Å². The van der Waals surface area contributed by atoms with Gasteiger partial charge in [-0.25, -0.2) is 0 Å². The smallest absolute Gasteiger partial charge is 0.129 e. The van der Waals surface area contributed by atoms with E-state index >= 15 is 0 Å². The maximum atomic E-state index is 4.24. The summed E-state index contributed by atoms with van der Waals surface area (Å²) in [6.07, 6.45) is 4.79. The summed E-state index contributed by atoms with van der Waals surface area (Å²) in [5, 5.41) is 17.5. The van der Waals surface area contributed by atoms with E-state index in [0.717, 1.165) is 11.4 Å². The molecule has 9 aromatic rings. The minimum absolute atomic E-state index is 0.0472. The fourth-order valence-corrected chi connectivity index (χ4v) is 10.1. The Morgan fingerprint density at radius 2 is 1.06 bits per heavy atom. The summed E-state index contributed by atoms with van der Waals surface area (Å²) >= 11 is 0. The minimum atomic E-state index is -0.125. The van der Waals surface area contributed by atoms with Crippen LogP contribution in [0.3, 0.4) is 0 Å². The number of benzene rings is 8. The van der Waals surface area contributed by atoms with E-state index in [1.165, 1.54) is 82.3 Å². The maximum Gasteiger partial charge on any atom is 0.129 e. The summed E-state index contributed by atoms with van der Waals surface area (Å²) in [7, 11) is 0. The molecule has 0 radical (unpaired) electrons. The average Bonchev–Trinajstić information content (AvgIpc) is 3.51. The number of hydrogen-bond acceptors (Lipinski definition) is 2. The van der Waals surface area contributed by atoms with Crippen LogP contribution in [0.2, 0.25) is 0 Å². The van der Waals surface area contributed by atoms with Crippen molar-refractivity contribution in [2.24, 2.45) is 0 Å². The Labute approximate surface area is 307 Å². The highest BCUT2D eigenvalue weighted by molar-refractivity contribution is 6.20. The van der Waals surface area contributed by atoms with Gasteiger partial charge in [0.1, 0.15) is 6.17 Å². The van der Waals surface area contributed by atoms with Gasteiger partial charge in [0.15, 0.2) is 0 Å². The van der Waals surface area contributed by atoms with E-state index in [1.807, 2.05) is 0 Å². The van der Waals surface area contributed by atoms with Crippen molar-refractivity contribution in [2.75, 3.05) is 10.6 Å². The molecule has 8 aromatic carbocycles. The van der Waals surface area contributed by atoms with Crippen LogP contribution in [0.5, 0.6) is 0 Å². The zero-order valence-corrected chi connectivity index (χ0v) is 29.0. The van der Waals surface area contributed by atoms with Crippen LogP contribution in [0.1, 0.15) is 52.0 Å². The van der Waals surface area contributed by atoms with E-state index in [4.69, 9.17) is 0 Å². The lowest BCUT2D eigenvalue weighted by atomic mass is 9.73. The Hall–Kier alpha value is -6.58. The van der Waals surface area contributed by atoms with Gasteiger partial charge in [-0.05, 0) is 67.1 Å². The third kappa shape index (κ3) is 3.99. The first-order valence-electron chi connectivity index (χ1n) is 18.8. The first kappa shape index (κ1) is 29.0. The number of fused-ring (bicyclic) bond motifs is 8. The number of hydrogen-bond donors (Lipinski definition) is 2. The average molecular weight is 678 g/mol. The molecule has 0 amide bonds. The third-order valence-corrected chi connectivity index (χ3v) is 12.3. The second-order valence-corrected chi connectivity index (χ2v) is 14.9. The van der Waals surface area contributed by atoms with Crippen molar-refractivity contribution in [3.63, 3.8) is 0 Å². The molecule has 1 aliphatic heterocycles. The topological polar surface area (TPSA) is 29.0 Å². The second kappa shape index (κ2) is 11.0. The fraction of sp³-hybridized carbons (Fsp3) is 0.0800. The zero-order chi connectivity index (χ0) is 34.6. The lowest BCUT2D eigenvalue weighted by molar-refractivity contribution is 0.490. The number of anilines is 2. The van der Waals surface area contributed by atoms with Gasteiger partial charge in [-0.15, -0.1) is 0 Å². The molecule has 2 heterocycles. The van der Waals surface area contributed by atoms with Crippen LogP contribution in [0, 0.1) is 0 Å². The van der Waals surface area contributed by atoms with Crippen LogP contribution in [0.15, 0.2) is 170 Å². The maximum absolute atomic E-state index is 4.24.